The number of piperazine rings is 1. The Morgan fingerprint density at radius 1 is 0.920 bits per heavy atom. The molecule has 0 spiro atoms. The van der Waals surface area contributed by atoms with Crippen LogP contribution in [0.15, 0.2) is 57.4 Å². The summed E-state index contributed by atoms with van der Waals surface area (Å²) in [7, 11) is -3.35. The predicted molar refractivity (Wildman–Crippen MR) is 103 cm³/mol. The van der Waals surface area contributed by atoms with Gasteiger partial charge in [0.25, 0.3) is 10.0 Å². The Kier molecular flexibility index (Phi) is 4.60. The highest BCUT2D eigenvalue weighted by molar-refractivity contribution is 7.91. The molecule has 0 aliphatic carbocycles. The summed E-state index contributed by atoms with van der Waals surface area (Å²) >= 11 is 2.87. The summed E-state index contributed by atoms with van der Waals surface area (Å²) < 4.78 is 27.2. The van der Waals surface area contributed by atoms with Crippen LogP contribution in [-0.2, 0) is 10.0 Å². The molecule has 0 saturated carbocycles. The maximum Gasteiger partial charge on any atom is 0.252 e. The zero-order valence-electron chi connectivity index (χ0n) is 13.4. The number of sulfonamides is 1. The van der Waals surface area contributed by atoms with Crippen molar-refractivity contribution in [2.75, 3.05) is 31.1 Å². The highest BCUT2D eigenvalue weighted by atomic mass is 32.2. The van der Waals surface area contributed by atoms with Gasteiger partial charge in [0.1, 0.15) is 4.21 Å². The van der Waals surface area contributed by atoms with Gasteiger partial charge in [-0.05, 0) is 11.4 Å². The molecule has 0 amide bonds. The highest BCUT2D eigenvalue weighted by Gasteiger charge is 2.29. The SMILES string of the molecule is O=S(=O)(c1cccs1)N1CCN(c2nc(-c3ccccc3)cs2)CC1. The van der Waals surface area contributed by atoms with Crippen molar-refractivity contribution < 1.29 is 8.42 Å². The van der Waals surface area contributed by atoms with Gasteiger partial charge in [-0.2, -0.15) is 4.31 Å². The minimum atomic E-state index is -3.35. The molecule has 25 heavy (non-hydrogen) atoms. The summed E-state index contributed by atoms with van der Waals surface area (Å²) in [6.07, 6.45) is 0. The van der Waals surface area contributed by atoms with Gasteiger partial charge in [0, 0.05) is 37.1 Å². The van der Waals surface area contributed by atoms with E-state index >= 15 is 0 Å². The Hall–Kier alpha value is -1.74. The summed E-state index contributed by atoms with van der Waals surface area (Å²) in [5.74, 6) is 0. The molecule has 0 bridgehead atoms. The smallest absolute Gasteiger partial charge is 0.252 e. The molecule has 3 heterocycles. The van der Waals surface area contributed by atoms with Crippen LogP contribution in [0.3, 0.4) is 0 Å². The normalized spacial score (nSPS) is 16.2. The zero-order chi connectivity index (χ0) is 17.3. The maximum atomic E-state index is 12.6. The van der Waals surface area contributed by atoms with Gasteiger partial charge in [-0.25, -0.2) is 13.4 Å². The second-order valence-corrected chi connectivity index (χ2v) is 9.65. The van der Waals surface area contributed by atoms with E-state index in [1.54, 1.807) is 33.2 Å². The Bertz CT molecular complexity index is 929. The van der Waals surface area contributed by atoms with Gasteiger partial charge >= 0.3 is 0 Å². The van der Waals surface area contributed by atoms with Gasteiger partial charge in [-0.1, -0.05) is 36.4 Å². The molecule has 5 nitrogen and oxygen atoms in total. The van der Waals surface area contributed by atoms with Crippen molar-refractivity contribution >= 4 is 37.8 Å². The van der Waals surface area contributed by atoms with Crippen LogP contribution >= 0.6 is 22.7 Å². The Morgan fingerprint density at radius 3 is 2.36 bits per heavy atom. The van der Waals surface area contributed by atoms with Crippen LogP contribution in [0.25, 0.3) is 11.3 Å². The van der Waals surface area contributed by atoms with Crippen molar-refractivity contribution in [1.29, 1.82) is 0 Å². The second-order valence-electron chi connectivity index (χ2n) is 5.70. The molecule has 0 radical (unpaired) electrons. The first-order valence-electron chi connectivity index (χ1n) is 7.94. The van der Waals surface area contributed by atoms with Crippen molar-refractivity contribution in [1.82, 2.24) is 9.29 Å². The third kappa shape index (κ3) is 3.35. The van der Waals surface area contributed by atoms with Crippen molar-refractivity contribution in [3.63, 3.8) is 0 Å². The third-order valence-electron chi connectivity index (χ3n) is 4.16. The Labute approximate surface area is 155 Å². The molecule has 1 fully saturated rings. The van der Waals surface area contributed by atoms with Crippen LogP contribution in [0.4, 0.5) is 5.13 Å². The van der Waals surface area contributed by atoms with Gasteiger partial charge in [0.05, 0.1) is 5.69 Å². The summed E-state index contributed by atoms with van der Waals surface area (Å²) in [5.41, 5.74) is 2.07. The molecular weight excluding hydrogens is 374 g/mol. The Balaban J connectivity index is 1.45. The van der Waals surface area contributed by atoms with Crippen LogP contribution in [0.5, 0.6) is 0 Å². The van der Waals surface area contributed by atoms with E-state index < -0.39 is 10.0 Å². The molecular formula is C17H17N3O2S3. The first kappa shape index (κ1) is 16.7. The number of thiophene rings is 1. The molecule has 1 aliphatic heterocycles. The first-order valence-corrected chi connectivity index (χ1v) is 11.1. The molecule has 0 N–H and O–H groups in total. The number of hydrogen-bond donors (Lipinski definition) is 0. The van der Waals surface area contributed by atoms with E-state index in [1.165, 1.54) is 11.3 Å². The predicted octanol–water partition coefficient (Wildman–Crippen LogP) is 3.38. The number of anilines is 1. The average molecular weight is 392 g/mol. The molecule has 1 aromatic carbocycles. The maximum absolute atomic E-state index is 12.6. The Morgan fingerprint density at radius 2 is 1.68 bits per heavy atom. The molecule has 3 aromatic rings. The number of nitrogens with zero attached hydrogens (tertiary/aromatic N) is 3. The lowest BCUT2D eigenvalue weighted by molar-refractivity contribution is 0.386. The molecule has 0 atom stereocenters. The summed E-state index contributed by atoms with van der Waals surface area (Å²) in [6.45, 7) is 2.29. The number of aromatic nitrogens is 1. The van der Waals surface area contributed by atoms with Gasteiger partial charge in [0.15, 0.2) is 5.13 Å². The van der Waals surface area contributed by atoms with Gasteiger partial charge in [-0.15, -0.1) is 22.7 Å². The average Bonchev–Trinajstić information content (AvgIpc) is 3.35. The third-order valence-corrected chi connectivity index (χ3v) is 8.33. The van der Waals surface area contributed by atoms with Gasteiger partial charge in [-0.3, -0.25) is 0 Å². The van der Waals surface area contributed by atoms with E-state index in [1.807, 2.05) is 30.3 Å². The fourth-order valence-corrected chi connectivity index (χ4v) is 6.26. The molecule has 4 rings (SSSR count). The fourth-order valence-electron chi connectivity index (χ4n) is 2.81. The topological polar surface area (TPSA) is 53.5 Å². The lowest BCUT2D eigenvalue weighted by atomic mass is 10.2. The lowest BCUT2D eigenvalue weighted by Gasteiger charge is -2.33. The van der Waals surface area contributed by atoms with E-state index in [4.69, 9.17) is 4.98 Å². The largest absolute Gasteiger partial charge is 0.345 e. The van der Waals surface area contributed by atoms with Crippen molar-refractivity contribution in [3.05, 3.63) is 53.2 Å². The quantitative estimate of drug-likeness (QED) is 0.684. The number of hydrogen-bond acceptors (Lipinski definition) is 6. The van der Waals surface area contributed by atoms with E-state index in [-0.39, 0.29) is 0 Å². The van der Waals surface area contributed by atoms with Gasteiger partial charge in [0.2, 0.25) is 0 Å². The monoisotopic (exact) mass is 391 g/mol. The molecule has 1 aliphatic rings. The summed E-state index contributed by atoms with van der Waals surface area (Å²) in [5, 5.41) is 4.80. The van der Waals surface area contributed by atoms with Crippen LogP contribution in [0.2, 0.25) is 0 Å². The van der Waals surface area contributed by atoms with Crippen LogP contribution in [-0.4, -0.2) is 43.9 Å². The summed E-state index contributed by atoms with van der Waals surface area (Å²) in [4.78, 5) is 6.88. The van der Waals surface area contributed by atoms with Crippen LogP contribution < -0.4 is 4.90 Å². The van der Waals surface area contributed by atoms with Crippen LogP contribution in [0.1, 0.15) is 0 Å². The summed E-state index contributed by atoms with van der Waals surface area (Å²) in [6, 6.07) is 13.5. The minimum absolute atomic E-state index is 0.418. The molecule has 0 unspecified atom stereocenters. The first-order chi connectivity index (χ1) is 12.1. The van der Waals surface area contributed by atoms with E-state index in [2.05, 4.69) is 10.3 Å². The van der Waals surface area contributed by atoms with E-state index in [0.717, 1.165) is 16.4 Å². The standard InChI is InChI=1S/C17H17N3O2S3/c21-25(22,16-7-4-12-23-16)20-10-8-19(9-11-20)17-18-15(13-24-17)14-5-2-1-3-6-14/h1-7,12-13H,8-11H2. The highest BCUT2D eigenvalue weighted by Crippen LogP contribution is 2.29. The lowest BCUT2D eigenvalue weighted by Crippen LogP contribution is -2.48. The van der Waals surface area contributed by atoms with E-state index in [0.29, 0.717) is 30.4 Å². The number of thiazole rings is 1. The second kappa shape index (κ2) is 6.87. The number of benzene rings is 1. The number of rotatable bonds is 4. The van der Waals surface area contributed by atoms with E-state index in [9.17, 15) is 8.42 Å². The minimum Gasteiger partial charge on any atom is -0.345 e. The fraction of sp³-hybridized carbons (Fsp3) is 0.235. The molecule has 8 heteroatoms. The molecule has 130 valence electrons. The zero-order valence-corrected chi connectivity index (χ0v) is 15.9. The van der Waals surface area contributed by atoms with Gasteiger partial charge < -0.3 is 4.90 Å². The van der Waals surface area contributed by atoms with Crippen molar-refractivity contribution in [3.8, 4) is 11.3 Å². The van der Waals surface area contributed by atoms with Crippen LogP contribution in [0, 0.1) is 0 Å². The van der Waals surface area contributed by atoms with Crippen molar-refractivity contribution in [2.24, 2.45) is 0 Å². The molecule has 2 aromatic heterocycles. The van der Waals surface area contributed by atoms with Crippen molar-refractivity contribution in [2.45, 2.75) is 4.21 Å². The molecule has 1 saturated heterocycles.